The van der Waals surface area contributed by atoms with E-state index in [1.807, 2.05) is 6.92 Å². The Labute approximate surface area is 139 Å². The third-order valence-electron chi connectivity index (χ3n) is 4.43. The maximum atomic E-state index is 11.3. The summed E-state index contributed by atoms with van der Waals surface area (Å²) in [5.74, 6) is -0.0435. The second kappa shape index (κ2) is 7.35. The van der Waals surface area contributed by atoms with Crippen LogP contribution < -0.4 is 4.74 Å². The summed E-state index contributed by atoms with van der Waals surface area (Å²) in [7, 11) is 0. The van der Waals surface area contributed by atoms with Crippen LogP contribution in [0.15, 0.2) is 12.1 Å². The third kappa shape index (κ3) is 4.71. The molecule has 1 heterocycles. The van der Waals surface area contributed by atoms with Crippen molar-refractivity contribution in [3.8, 4) is 5.75 Å². The minimum absolute atomic E-state index is 0.156. The van der Waals surface area contributed by atoms with Crippen LogP contribution in [0, 0.1) is 6.92 Å². The van der Waals surface area contributed by atoms with Crippen molar-refractivity contribution in [3.05, 3.63) is 28.8 Å². The van der Waals surface area contributed by atoms with Crippen LogP contribution in [0.5, 0.6) is 5.75 Å². The van der Waals surface area contributed by atoms with E-state index in [2.05, 4.69) is 25.7 Å². The van der Waals surface area contributed by atoms with Gasteiger partial charge in [0, 0.05) is 12.1 Å². The van der Waals surface area contributed by atoms with Crippen molar-refractivity contribution in [2.24, 2.45) is 0 Å². The van der Waals surface area contributed by atoms with Crippen LogP contribution in [0.4, 0.5) is 0 Å². The van der Waals surface area contributed by atoms with Gasteiger partial charge in [0.1, 0.15) is 12.4 Å². The van der Waals surface area contributed by atoms with Crippen molar-refractivity contribution < 1.29 is 14.6 Å². The van der Waals surface area contributed by atoms with Crippen molar-refractivity contribution in [1.82, 2.24) is 4.90 Å². The molecule has 2 rings (SSSR count). The Balaban J connectivity index is 2.14. The summed E-state index contributed by atoms with van der Waals surface area (Å²) in [6.07, 6.45) is 3.89. The lowest BCUT2D eigenvalue weighted by Gasteiger charge is -2.28. The molecule has 4 heteroatoms. The molecule has 1 aliphatic rings. The first-order chi connectivity index (χ1) is 10.8. The number of carboxylic acids is 1. The van der Waals surface area contributed by atoms with E-state index < -0.39 is 5.97 Å². The summed E-state index contributed by atoms with van der Waals surface area (Å²) in [5, 5.41) is 9.29. The smallest absolute Gasteiger partial charge is 0.335 e. The second-order valence-corrected chi connectivity index (χ2v) is 7.48. The van der Waals surface area contributed by atoms with E-state index in [9.17, 15) is 9.90 Å². The van der Waals surface area contributed by atoms with Crippen LogP contribution in [0.3, 0.4) is 0 Å². The summed E-state index contributed by atoms with van der Waals surface area (Å²) in [5.41, 5.74) is 2.04. The summed E-state index contributed by atoms with van der Waals surface area (Å²) in [6, 6.07) is 3.46. The van der Waals surface area contributed by atoms with Gasteiger partial charge in [-0.25, -0.2) is 4.79 Å². The molecule has 0 unspecified atom stereocenters. The molecular weight excluding hydrogens is 290 g/mol. The van der Waals surface area contributed by atoms with E-state index >= 15 is 0 Å². The van der Waals surface area contributed by atoms with Gasteiger partial charge in [0.15, 0.2) is 0 Å². The van der Waals surface area contributed by atoms with Crippen LogP contribution in [-0.4, -0.2) is 42.2 Å². The number of likely N-dealkylation sites (tertiary alicyclic amines) is 1. The van der Waals surface area contributed by atoms with Gasteiger partial charge in [-0.3, -0.25) is 4.90 Å². The fourth-order valence-electron chi connectivity index (χ4n) is 3.11. The molecule has 0 spiro atoms. The van der Waals surface area contributed by atoms with Crippen molar-refractivity contribution in [2.75, 3.05) is 26.2 Å². The van der Waals surface area contributed by atoms with Crippen molar-refractivity contribution >= 4 is 5.97 Å². The number of hydrogen-bond acceptors (Lipinski definition) is 3. The normalized spacial score (nSPS) is 16.3. The Morgan fingerprint density at radius 2 is 1.87 bits per heavy atom. The zero-order valence-corrected chi connectivity index (χ0v) is 14.8. The fraction of sp³-hybridized carbons (Fsp3) is 0.632. The molecule has 0 radical (unpaired) electrons. The van der Waals surface area contributed by atoms with Gasteiger partial charge in [0.2, 0.25) is 0 Å². The lowest BCUT2D eigenvalue weighted by molar-refractivity contribution is 0.0696. The number of nitrogens with zero attached hydrogens (tertiary/aromatic N) is 1. The number of ether oxygens (including phenoxy) is 1. The lowest BCUT2D eigenvalue weighted by Crippen LogP contribution is -2.33. The Kier molecular flexibility index (Phi) is 5.69. The quantitative estimate of drug-likeness (QED) is 0.895. The van der Waals surface area contributed by atoms with E-state index in [0.29, 0.717) is 12.2 Å². The highest BCUT2D eigenvalue weighted by Gasteiger charge is 2.23. The van der Waals surface area contributed by atoms with Gasteiger partial charge in [-0.15, -0.1) is 0 Å². The molecule has 128 valence electrons. The first kappa shape index (κ1) is 17.8. The van der Waals surface area contributed by atoms with Gasteiger partial charge >= 0.3 is 5.97 Å². The Bertz CT molecular complexity index is 554. The molecular formula is C19H29NO3. The van der Waals surface area contributed by atoms with Crippen molar-refractivity contribution in [1.29, 1.82) is 0 Å². The Morgan fingerprint density at radius 1 is 1.22 bits per heavy atom. The highest BCUT2D eigenvalue weighted by molar-refractivity contribution is 5.88. The molecule has 0 amide bonds. The largest absolute Gasteiger partial charge is 0.492 e. The number of carbonyl (C=O) groups is 1. The summed E-state index contributed by atoms with van der Waals surface area (Å²) < 4.78 is 6.10. The average Bonchev–Trinajstić information content (AvgIpc) is 2.48. The van der Waals surface area contributed by atoms with Crippen LogP contribution in [0.25, 0.3) is 0 Å². The van der Waals surface area contributed by atoms with Crippen LogP contribution in [0.1, 0.15) is 61.5 Å². The average molecular weight is 319 g/mol. The highest BCUT2D eigenvalue weighted by atomic mass is 16.5. The van der Waals surface area contributed by atoms with Gasteiger partial charge in [-0.2, -0.15) is 0 Å². The number of aryl methyl sites for hydroxylation is 1. The minimum Gasteiger partial charge on any atom is -0.492 e. The standard InChI is InChI=1S/C19H29NO3/c1-14-12-15(18(21)22)13-16(19(2,3)4)17(14)23-11-10-20-8-6-5-7-9-20/h12-13H,5-11H2,1-4H3,(H,21,22). The predicted octanol–water partition coefficient (Wildman–Crippen LogP) is 3.86. The molecule has 0 aromatic heterocycles. The number of piperidine rings is 1. The molecule has 4 nitrogen and oxygen atoms in total. The summed E-state index contributed by atoms with van der Waals surface area (Å²) in [4.78, 5) is 13.8. The monoisotopic (exact) mass is 319 g/mol. The number of rotatable bonds is 5. The summed E-state index contributed by atoms with van der Waals surface area (Å²) >= 11 is 0. The lowest BCUT2D eigenvalue weighted by atomic mass is 9.84. The van der Waals surface area contributed by atoms with E-state index in [0.717, 1.165) is 36.5 Å². The molecule has 1 fully saturated rings. The van der Waals surface area contributed by atoms with E-state index in [1.165, 1.54) is 19.3 Å². The van der Waals surface area contributed by atoms with Crippen LogP contribution in [-0.2, 0) is 5.41 Å². The minimum atomic E-state index is -0.890. The topological polar surface area (TPSA) is 49.8 Å². The number of hydrogen-bond donors (Lipinski definition) is 1. The third-order valence-corrected chi connectivity index (χ3v) is 4.43. The number of carboxylic acid groups (broad SMARTS) is 1. The highest BCUT2D eigenvalue weighted by Crippen LogP contribution is 2.35. The predicted molar refractivity (Wildman–Crippen MR) is 92.6 cm³/mol. The fourth-order valence-corrected chi connectivity index (χ4v) is 3.11. The molecule has 1 aliphatic heterocycles. The molecule has 0 atom stereocenters. The van der Waals surface area contributed by atoms with Gasteiger partial charge in [0.05, 0.1) is 5.56 Å². The second-order valence-electron chi connectivity index (χ2n) is 7.48. The molecule has 1 aromatic carbocycles. The Hall–Kier alpha value is -1.55. The van der Waals surface area contributed by atoms with Crippen molar-refractivity contribution in [3.63, 3.8) is 0 Å². The molecule has 1 aromatic rings. The molecule has 0 bridgehead atoms. The van der Waals surface area contributed by atoms with E-state index in [4.69, 9.17) is 4.74 Å². The van der Waals surface area contributed by atoms with Crippen molar-refractivity contribution in [2.45, 2.75) is 52.4 Å². The number of aromatic carboxylic acids is 1. The molecule has 23 heavy (non-hydrogen) atoms. The Morgan fingerprint density at radius 3 is 2.43 bits per heavy atom. The SMILES string of the molecule is Cc1cc(C(=O)O)cc(C(C)(C)C)c1OCCN1CCCCC1. The van der Waals surface area contributed by atoms with Crippen LogP contribution in [0.2, 0.25) is 0 Å². The zero-order valence-electron chi connectivity index (χ0n) is 14.8. The first-order valence-electron chi connectivity index (χ1n) is 8.52. The molecule has 1 N–H and O–H groups in total. The van der Waals surface area contributed by atoms with E-state index in [1.54, 1.807) is 12.1 Å². The first-order valence-corrected chi connectivity index (χ1v) is 8.52. The molecule has 0 saturated carbocycles. The number of benzene rings is 1. The van der Waals surface area contributed by atoms with Gasteiger partial charge in [-0.1, -0.05) is 27.2 Å². The zero-order chi connectivity index (χ0) is 17.0. The maximum Gasteiger partial charge on any atom is 0.335 e. The van der Waals surface area contributed by atoms with Gasteiger partial charge in [-0.05, 0) is 56.0 Å². The maximum absolute atomic E-state index is 11.3. The van der Waals surface area contributed by atoms with E-state index in [-0.39, 0.29) is 5.41 Å². The van der Waals surface area contributed by atoms with Gasteiger partial charge in [0.25, 0.3) is 0 Å². The molecule has 0 aliphatic carbocycles. The van der Waals surface area contributed by atoms with Gasteiger partial charge < -0.3 is 9.84 Å². The molecule has 1 saturated heterocycles. The summed E-state index contributed by atoms with van der Waals surface area (Å²) in [6.45, 7) is 12.1. The van der Waals surface area contributed by atoms with Crippen LogP contribution >= 0.6 is 0 Å².